The van der Waals surface area contributed by atoms with Gasteiger partial charge in [-0.1, -0.05) is 11.6 Å². The first-order valence-electron chi connectivity index (χ1n) is 5.08. The quantitative estimate of drug-likeness (QED) is 0.486. The fourth-order valence-electron chi connectivity index (χ4n) is 1.34. The molecule has 7 nitrogen and oxygen atoms in total. The van der Waals surface area contributed by atoms with E-state index in [2.05, 4.69) is 9.97 Å². The van der Waals surface area contributed by atoms with E-state index in [1.807, 2.05) is 0 Å². The average Bonchev–Trinajstić information content (AvgIpc) is 2.39. The predicted molar refractivity (Wildman–Crippen MR) is 66.8 cm³/mol. The van der Waals surface area contributed by atoms with Gasteiger partial charge in [-0.25, -0.2) is 9.97 Å². The van der Waals surface area contributed by atoms with Crippen LogP contribution in [0.15, 0.2) is 30.6 Å². The van der Waals surface area contributed by atoms with Gasteiger partial charge >= 0.3 is 5.69 Å². The summed E-state index contributed by atoms with van der Waals surface area (Å²) in [4.78, 5) is 17.9. The van der Waals surface area contributed by atoms with Crippen molar-refractivity contribution in [3.63, 3.8) is 0 Å². The monoisotopic (exact) mass is 281 g/mol. The maximum atomic E-state index is 11.0. The van der Waals surface area contributed by atoms with Gasteiger partial charge in [-0.2, -0.15) is 0 Å². The van der Waals surface area contributed by atoms with Crippen molar-refractivity contribution in [2.24, 2.45) is 0 Å². The number of hydrogen-bond donors (Lipinski definition) is 0. The SMILES string of the molecule is COc1ccc(Oc2cc(Cl)ncn2)c([N+](=O)[O-])c1. The lowest BCUT2D eigenvalue weighted by molar-refractivity contribution is -0.385. The molecule has 0 atom stereocenters. The second-order valence-corrected chi connectivity index (χ2v) is 3.76. The van der Waals surface area contributed by atoms with Crippen LogP contribution in [-0.4, -0.2) is 22.0 Å². The van der Waals surface area contributed by atoms with Crippen molar-refractivity contribution in [1.82, 2.24) is 9.97 Å². The zero-order valence-corrected chi connectivity index (χ0v) is 10.5. The Morgan fingerprint density at radius 3 is 2.74 bits per heavy atom. The Hall–Kier alpha value is -2.41. The molecule has 0 fully saturated rings. The first-order valence-corrected chi connectivity index (χ1v) is 5.46. The second kappa shape index (κ2) is 5.49. The standard InChI is InChI=1S/C11H8ClN3O4/c1-18-7-2-3-9(8(4-7)15(16)17)19-11-5-10(12)13-6-14-11/h2-6H,1H3. The number of benzene rings is 1. The molecule has 0 saturated heterocycles. The van der Waals surface area contributed by atoms with Gasteiger partial charge in [0.15, 0.2) is 0 Å². The van der Waals surface area contributed by atoms with Crippen LogP contribution in [0, 0.1) is 10.1 Å². The van der Waals surface area contributed by atoms with Crippen LogP contribution in [0.25, 0.3) is 0 Å². The minimum Gasteiger partial charge on any atom is -0.496 e. The highest BCUT2D eigenvalue weighted by Crippen LogP contribution is 2.33. The third-order valence-electron chi connectivity index (χ3n) is 2.19. The molecule has 0 spiro atoms. The van der Waals surface area contributed by atoms with E-state index in [9.17, 15) is 10.1 Å². The second-order valence-electron chi connectivity index (χ2n) is 3.37. The fourth-order valence-corrected chi connectivity index (χ4v) is 1.48. The van der Waals surface area contributed by atoms with E-state index in [1.54, 1.807) is 6.07 Å². The number of nitro groups is 1. The summed E-state index contributed by atoms with van der Waals surface area (Å²) >= 11 is 5.68. The van der Waals surface area contributed by atoms with Gasteiger partial charge in [0.1, 0.15) is 17.2 Å². The first-order chi connectivity index (χ1) is 9.10. The summed E-state index contributed by atoms with van der Waals surface area (Å²) in [5, 5.41) is 11.1. The Kier molecular flexibility index (Phi) is 3.76. The van der Waals surface area contributed by atoms with E-state index in [0.29, 0.717) is 5.75 Å². The van der Waals surface area contributed by atoms with Crippen molar-refractivity contribution in [1.29, 1.82) is 0 Å². The number of methoxy groups -OCH3 is 1. The molecule has 0 N–H and O–H groups in total. The summed E-state index contributed by atoms with van der Waals surface area (Å²) in [5.74, 6) is 0.522. The molecule has 1 heterocycles. The highest BCUT2D eigenvalue weighted by atomic mass is 35.5. The molecule has 0 bridgehead atoms. The van der Waals surface area contributed by atoms with Crippen LogP contribution in [0.4, 0.5) is 5.69 Å². The molecule has 2 rings (SSSR count). The Bertz CT molecular complexity index is 621. The van der Waals surface area contributed by atoms with Crippen molar-refractivity contribution >= 4 is 17.3 Å². The molecular formula is C11H8ClN3O4. The van der Waals surface area contributed by atoms with E-state index >= 15 is 0 Å². The zero-order valence-electron chi connectivity index (χ0n) is 9.74. The van der Waals surface area contributed by atoms with Crippen LogP contribution in [0.3, 0.4) is 0 Å². The van der Waals surface area contributed by atoms with Crippen LogP contribution in [0.2, 0.25) is 5.15 Å². The summed E-state index contributed by atoms with van der Waals surface area (Å²) in [7, 11) is 1.42. The Balaban J connectivity index is 2.36. The van der Waals surface area contributed by atoms with Gasteiger partial charge in [-0.3, -0.25) is 10.1 Å². The van der Waals surface area contributed by atoms with E-state index in [4.69, 9.17) is 21.1 Å². The van der Waals surface area contributed by atoms with Gasteiger partial charge in [0.2, 0.25) is 11.6 Å². The molecule has 0 saturated carbocycles. The van der Waals surface area contributed by atoms with E-state index in [-0.39, 0.29) is 22.5 Å². The zero-order chi connectivity index (χ0) is 13.8. The Morgan fingerprint density at radius 1 is 1.32 bits per heavy atom. The number of halogens is 1. The highest BCUT2D eigenvalue weighted by Gasteiger charge is 2.17. The minimum atomic E-state index is -0.569. The topological polar surface area (TPSA) is 87.4 Å². The number of hydrogen-bond acceptors (Lipinski definition) is 6. The van der Waals surface area contributed by atoms with Crippen molar-refractivity contribution in [3.05, 3.63) is 45.9 Å². The Morgan fingerprint density at radius 2 is 2.11 bits per heavy atom. The third-order valence-corrected chi connectivity index (χ3v) is 2.39. The molecule has 1 aromatic heterocycles. The normalized spacial score (nSPS) is 10.0. The number of ether oxygens (including phenoxy) is 2. The molecule has 98 valence electrons. The lowest BCUT2D eigenvalue weighted by atomic mass is 10.3. The minimum absolute atomic E-state index is 0.0422. The summed E-state index contributed by atoms with van der Waals surface area (Å²) < 4.78 is 10.2. The molecule has 19 heavy (non-hydrogen) atoms. The summed E-state index contributed by atoms with van der Waals surface area (Å²) in [6.07, 6.45) is 1.20. The molecule has 1 aromatic carbocycles. The number of nitrogens with zero attached hydrogens (tertiary/aromatic N) is 3. The van der Waals surface area contributed by atoms with Gasteiger partial charge < -0.3 is 9.47 Å². The summed E-state index contributed by atoms with van der Waals surface area (Å²) in [5.41, 5.74) is -0.228. The molecule has 2 aromatic rings. The smallest absolute Gasteiger partial charge is 0.315 e. The first kappa shape index (κ1) is 13.0. The number of nitro benzene ring substituents is 1. The average molecular weight is 282 g/mol. The number of rotatable bonds is 4. The maximum Gasteiger partial charge on any atom is 0.315 e. The molecule has 0 radical (unpaired) electrons. The molecule has 0 aliphatic carbocycles. The molecule has 0 aliphatic rings. The van der Waals surface area contributed by atoms with E-state index < -0.39 is 4.92 Å². The predicted octanol–water partition coefficient (Wildman–Crippen LogP) is 2.84. The number of aromatic nitrogens is 2. The van der Waals surface area contributed by atoms with Crippen molar-refractivity contribution in [3.8, 4) is 17.4 Å². The molecule has 0 amide bonds. The highest BCUT2D eigenvalue weighted by molar-refractivity contribution is 6.29. The van der Waals surface area contributed by atoms with Crippen LogP contribution in [-0.2, 0) is 0 Å². The van der Waals surface area contributed by atoms with Crippen LogP contribution < -0.4 is 9.47 Å². The molecule has 8 heteroatoms. The van der Waals surface area contributed by atoms with Crippen LogP contribution >= 0.6 is 11.6 Å². The van der Waals surface area contributed by atoms with Crippen LogP contribution in [0.1, 0.15) is 0 Å². The third kappa shape index (κ3) is 3.08. The Labute approximate surface area is 112 Å². The summed E-state index contributed by atoms with van der Waals surface area (Å²) in [6, 6.07) is 5.59. The van der Waals surface area contributed by atoms with Gasteiger partial charge in [0.25, 0.3) is 0 Å². The lowest BCUT2D eigenvalue weighted by Gasteiger charge is -2.06. The van der Waals surface area contributed by atoms with Crippen LogP contribution in [0.5, 0.6) is 17.4 Å². The molecule has 0 aliphatic heterocycles. The molecular weight excluding hydrogens is 274 g/mol. The lowest BCUT2D eigenvalue weighted by Crippen LogP contribution is -1.96. The van der Waals surface area contributed by atoms with Gasteiger partial charge in [-0.15, -0.1) is 0 Å². The fraction of sp³-hybridized carbons (Fsp3) is 0.0909. The maximum absolute atomic E-state index is 11.0. The van der Waals surface area contributed by atoms with Gasteiger partial charge in [0, 0.05) is 6.07 Å². The van der Waals surface area contributed by atoms with Gasteiger partial charge in [-0.05, 0) is 12.1 Å². The van der Waals surface area contributed by atoms with E-state index in [1.165, 1.54) is 31.6 Å². The van der Waals surface area contributed by atoms with Gasteiger partial charge in [0.05, 0.1) is 18.1 Å². The largest absolute Gasteiger partial charge is 0.496 e. The van der Waals surface area contributed by atoms with Crippen molar-refractivity contribution in [2.45, 2.75) is 0 Å². The van der Waals surface area contributed by atoms with Crippen molar-refractivity contribution < 1.29 is 14.4 Å². The van der Waals surface area contributed by atoms with Crippen molar-refractivity contribution in [2.75, 3.05) is 7.11 Å². The van der Waals surface area contributed by atoms with E-state index in [0.717, 1.165) is 0 Å². The molecule has 0 unspecified atom stereocenters. The summed E-state index contributed by atoms with van der Waals surface area (Å²) in [6.45, 7) is 0.